The van der Waals surface area contributed by atoms with Gasteiger partial charge in [-0.3, -0.25) is 4.79 Å². The molecule has 0 spiro atoms. The number of nitriles is 1. The highest BCUT2D eigenvalue weighted by Gasteiger charge is 2.12. The summed E-state index contributed by atoms with van der Waals surface area (Å²) >= 11 is 0. The van der Waals surface area contributed by atoms with E-state index in [1.807, 2.05) is 43.3 Å². The topological polar surface area (TPSA) is 91.8 Å². The molecule has 4 aromatic rings. The first kappa shape index (κ1) is 19.1. The van der Waals surface area contributed by atoms with Gasteiger partial charge in [0.15, 0.2) is 0 Å². The van der Waals surface area contributed by atoms with Gasteiger partial charge >= 0.3 is 0 Å². The van der Waals surface area contributed by atoms with Crippen molar-refractivity contribution in [2.45, 2.75) is 13.5 Å². The number of aryl methyl sites for hydroxylation is 1. The normalized spacial score (nSPS) is 10.4. The Morgan fingerprint density at radius 2 is 1.47 bits per heavy atom. The van der Waals surface area contributed by atoms with E-state index in [9.17, 15) is 4.79 Å². The van der Waals surface area contributed by atoms with Gasteiger partial charge in [-0.2, -0.15) is 5.26 Å². The van der Waals surface area contributed by atoms with Crippen LogP contribution in [0.1, 0.15) is 27.0 Å². The third kappa shape index (κ3) is 4.26. The van der Waals surface area contributed by atoms with Gasteiger partial charge in [0, 0.05) is 23.2 Å². The van der Waals surface area contributed by atoms with Crippen molar-refractivity contribution in [1.29, 1.82) is 5.26 Å². The lowest BCUT2D eigenvalue weighted by atomic mass is 10.1. The number of carbonyl (C=O) groups is 1. The molecule has 0 saturated carbocycles. The van der Waals surface area contributed by atoms with Crippen LogP contribution < -0.4 is 5.32 Å². The van der Waals surface area contributed by atoms with Gasteiger partial charge in [-0.05, 0) is 61.0 Å². The van der Waals surface area contributed by atoms with E-state index in [0.717, 1.165) is 22.3 Å². The molecule has 0 saturated heterocycles. The highest BCUT2D eigenvalue weighted by molar-refractivity contribution is 5.94. The van der Waals surface area contributed by atoms with Crippen molar-refractivity contribution in [1.82, 2.24) is 15.5 Å². The average molecular weight is 394 g/mol. The van der Waals surface area contributed by atoms with Crippen LogP contribution in [0.3, 0.4) is 0 Å². The van der Waals surface area contributed by atoms with E-state index in [1.54, 1.807) is 36.4 Å². The van der Waals surface area contributed by atoms with Gasteiger partial charge in [0.1, 0.15) is 0 Å². The van der Waals surface area contributed by atoms with E-state index in [4.69, 9.17) is 9.68 Å². The van der Waals surface area contributed by atoms with Crippen LogP contribution in [0.15, 0.2) is 77.2 Å². The van der Waals surface area contributed by atoms with E-state index in [0.29, 0.717) is 29.5 Å². The van der Waals surface area contributed by atoms with Crippen LogP contribution in [-0.4, -0.2) is 16.1 Å². The summed E-state index contributed by atoms with van der Waals surface area (Å²) in [6.45, 7) is 2.40. The lowest BCUT2D eigenvalue weighted by Crippen LogP contribution is -2.22. The fraction of sp³-hybridized carbons (Fsp3) is 0.0833. The Morgan fingerprint density at radius 1 is 0.900 bits per heavy atom. The molecule has 0 radical (unpaired) electrons. The summed E-state index contributed by atoms with van der Waals surface area (Å²) in [6.07, 6.45) is 0. The minimum absolute atomic E-state index is 0.184. The number of nitrogens with zero attached hydrogens (tertiary/aromatic N) is 3. The first-order valence-corrected chi connectivity index (χ1v) is 9.40. The minimum Gasteiger partial charge on any atom is -0.416 e. The Balaban J connectivity index is 1.41. The Labute approximate surface area is 173 Å². The van der Waals surface area contributed by atoms with Crippen molar-refractivity contribution in [2.75, 3.05) is 0 Å². The predicted molar refractivity (Wildman–Crippen MR) is 112 cm³/mol. The van der Waals surface area contributed by atoms with Crippen LogP contribution in [0.25, 0.3) is 22.9 Å². The number of benzene rings is 3. The van der Waals surface area contributed by atoms with Crippen molar-refractivity contribution in [3.05, 3.63) is 95.1 Å². The second kappa shape index (κ2) is 8.41. The molecule has 0 aliphatic rings. The van der Waals surface area contributed by atoms with Gasteiger partial charge < -0.3 is 9.73 Å². The predicted octanol–water partition coefficient (Wildman–Crippen LogP) is 4.51. The molecule has 0 fully saturated rings. The third-order valence-electron chi connectivity index (χ3n) is 4.65. The monoisotopic (exact) mass is 394 g/mol. The first-order chi connectivity index (χ1) is 14.6. The number of hydrogen-bond acceptors (Lipinski definition) is 5. The summed E-state index contributed by atoms with van der Waals surface area (Å²) < 4.78 is 5.77. The standard InChI is InChI=1S/C24H18N4O2/c1-16-2-8-20(9-3-16)23-27-28-24(30-23)21-12-10-19(11-13-21)22(29)26-15-18-6-4-17(14-25)5-7-18/h2-13H,15H2,1H3,(H,26,29). The van der Waals surface area contributed by atoms with Crippen LogP contribution >= 0.6 is 0 Å². The fourth-order valence-electron chi connectivity index (χ4n) is 2.90. The Kier molecular flexibility index (Phi) is 5.35. The van der Waals surface area contributed by atoms with Gasteiger partial charge in [0.25, 0.3) is 5.91 Å². The van der Waals surface area contributed by atoms with Crippen molar-refractivity contribution in [2.24, 2.45) is 0 Å². The molecule has 1 aromatic heterocycles. The molecule has 1 heterocycles. The van der Waals surface area contributed by atoms with Gasteiger partial charge in [0.05, 0.1) is 11.6 Å². The highest BCUT2D eigenvalue weighted by Crippen LogP contribution is 2.24. The van der Waals surface area contributed by atoms with Crippen molar-refractivity contribution < 1.29 is 9.21 Å². The van der Waals surface area contributed by atoms with E-state index in [1.165, 1.54) is 0 Å². The van der Waals surface area contributed by atoms with Gasteiger partial charge in [-0.15, -0.1) is 10.2 Å². The van der Waals surface area contributed by atoms with E-state index in [2.05, 4.69) is 21.6 Å². The smallest absolute Gasteiger partial charge is 0.251 e. The van der Waals surface area contributed by atoms with Crippen LogP contribution in [-0.2, 0) is 6.54 Å². The molecule has 4 rings (SSSR count). The lowest BCUT2D eigenvalue weighted by Gasteiger charge is -2.06. The summed E-state index contributed by atoms with van der Waals surface area (Å²) in [5, 5.41) is 19.9. The van der Waals surface area contributed by atoms with E-state index in [-0.39, 0.29) is 5.91 Å². The molecule has 0 aliphatic carbocycles. The molecule has 6 nitrogen and oxygen atoms in total. The summed E-state index contributed by atoms with van der Waals surface area (Å²) in [6, 6.07) is 24.0. The number of aromatic nitrogens is 2. The molecule has 30 heavy (non-hydrogen) atoms. The molecule has 146 valence electrons. The van der Waals surface area contributed by atoms with Crippen molar-refractivity contribution in [3.8, 4) is 29.0 Å². The largest absolute Gasteiger partial charge is 0.416 e. The summed E-state index contributed by atoms with van der Waals surface area (Å²) in [7, 11) is 0. The number of nitrogens with one attached hydrogen (secondary N) is 1. The molecule has 3 aromatic carbocycles. The zero-order valence-corrected chi connectivity index (χ0v) is 16.3. The van der Waals surface area contributed by atoms with Gasteiger partial charge in [0.2, 0.25) is 11.8 Å². The van der Waals surface area contributed by atoms with Gasteiger partial charge in [-0.1, -0.05) is 29.8 Å². The molecule has 0 aliphatic heterocycles. The number of amides is 1. The second-order valence-corrected chi connectivity index (χ2v) is 6.85. The minimum atomic E-state index is -0.184. The molecule has 1 amide bonds. The molecule has 0 atom stereocenters. The van der Waals surface area contributed by atoms with Crippen LogP contribution in [0.5, 0.6) is 0 Å². The van der Waals surface area contributed by atoms with Gasteiger partial charge in [-0.25, -0.2) is 0 Å². The quantitative estimate of drug-likeness (QED) is 0.537. The average Bonchev–Trinajstić information content (AvgIpc) is 3.29. The molecular weight excluding hydrogens is 376 g/mol. The van der Waals surface area contributed by atoms with Crippen LogP contribution in [0.2, 0.25) is 0 Å². The van der Waals surface area contributed by atoms with Crippen LogP contribution in [0.4, 0.5) is 0 Å². The maximum absolute atomic E-state index is 12.4. The highest BCUT2D eigenvalue weighted by atomic mass is 16.4. The number of hydrogen-bond donors (Lipinski definition) is 1. The Hall–Kier alpha value is -4.24. The summed E-state index contributed by atoms with van der Waals surface area (Å²) in [5.74, 6) is 0.668. The Bertz CT molecular complexity index is 1200. The number of rotatable bonds is 5. The zero-order chi connectivity index (χ0) is 20.9. The maximum atomic E-state index is 12.4. The fourth-order valence-corrected chi connectivity index (χ4v) is 2.90. The zero-order valence-electron chi connectivity index (χ0n) is 16.3. The lowest BCUT2D eigenvalue weighted by molar-refractivity contribution is 0.0951. The second-order valence-electron chi connectivity index (χ2n) is 6.85. The van der Waals surface area contributed by atoms with Crippen molar-refractivity contribution in [3.63, 3.8) is 0 Å². The SMILES string of the molecule is Cc1ccc(-c2nnc(-c3ccc(C(=O)NCc4ccc(C#N)cc4)cc3)o2)cc1. The summed E-state index contributed by atoms with van der Waals surface area (Å²) in [5.41, 5.74) is 4.81. The Morgan fingerprint density at radius 3 is 2.03 bits per heavy atom. The molecular formula is C24H18N4O2. The van der Waals surface area contributed by atoms with E-state index >= 15 is 0 Å². The summed E-state index contributed by atoms with van der Waals surface area (Å²) in [4.78, 5) is 12.4. The first-order valence-electron chi connectivity index (χ1n) is 9.40. The maximum Gasteiger partial charge on any atom is 0.251 e. The molecule has 0 bridgehead atoms. The van der Waals surface area contributed by atoms with E-state index < -0.39 is 0 Å². The number of carbonyl (C=O) groups excluding carboxylic acids is 1. The van der Waals surface area contributed by atoms with Crippen LogP contribution in [0, 0.1) is 18.3 Å². The molecule has 6 heteroatoms. The van der Waals surface area contributed by atoms with Crippen molar-refractivity contribution >= 4 is 5.91 Å². The third-order valence-corrected chi connectivity index (χ3v) is 4.65. The molecule has 1 N–H and O–H groups in total. The molecule has 0 unspecified atom stereocenters.